The molecule has 1 aliphatic rings. The topological polar surface area (TPSA) is 49.3 Å². The average molecular weight is 314 g/mol. The van der Waals surface area contributed by atoms with Crippen molar-refractivity contribution in [1.82, 2.24) is 14.9 Å². The van der Waals surface area contributed by atoms with Crippen LogP contribution in [0.25, 0.3) is 6.08 Å². The first-order valence-electron chi connectivity index (χ1n) is 7.27. The van der Waals surface area contributed by atoms with E-state index in [4.69, 9.17) is 0 Å². The van der Waals surface area contributed by atoms with Gasteiger partial charge >= 0.3 is 0 Å². The number of pyridine rings is 1. The number of aromatic nitrogens is 2. The molecule has 5 nitrogen and oxygen atoms in total. The summed E-state index contributed by atoms with van der Waals surface area (Å²) in [7, 11) is 0. The van der Waals surface area contributed by atoms with Crippen molar-refractivity contribution < 1.29 is 4.79 Å². The lowest BCUT2D eigenvalue weighted by Crippen LogP contribution is -2.48. The molecular formula is C16H18N4OS. The Morgan fingerprint density at radius 1 is 1.27 bits per heavy atom. The molecule has 1 aliphatic heterocycles. The Balaban J connectivity index is 1.55. The molecule has 1 saturated heterocycles. The smallest absolute Gasteiger partial charge is 0.246 e. The highest BCUT2D eigenvalue weighted by Gasteiger charge is 2.20. The summed E-state index contributed by atoms with van der Waals surface area (Å²) in [6.07, 6.45) is 5.20. The van der Waals surface area contributed by atoms with Crippen molar-refractivity contribution in [2.24, 2.45) is 0 Å². The van der Waals surface area contributed by atoms with Crippen LogP contribution in [0, 0.1) is 6.92 Å². The number of carbonyl (C=O) groups is 1. The number of hydrogen-bond acceptors (Lipinski definition) is 5. The van der Waals surface area contributed by atoms with Crippen LogP contribution in [0.1, 0.15) is 10.7 Å². The van der Waals surface area contributed by atoms with Crippen LogP contribution in [0.2, 0.25) is 0 Å². The number of carbonyl (C=O) groups excluding carboxylic acids is 1. The number of hydrogen-bond donors (Lipinski definition) is 0. The molecule has 22 heavy (non-hydrogen) atoms. The molecule has 1 fully saturated rings. The van der Waals surface area contributed by atoms with Crippen LogP contribution in [-0.2, 0) is 4.79 Å². The quantitative estimate of drug-likeness (QED) is 0.815. The SMILES string of the molecule is Cc1nc(C=CC(=O)N2CCN(c3ccccn3)CC2)cs1. The van der Waals surface area contributed by atoms with Gasteiger partial charge in [-0.25, -0.2) is 9.97 Å². The Kier molecular flexibility index (Phi) is 4.48. The highest BCUT2D eigenvalue weighted by Crippen LogP contribution is 2.13. The van der Waals surface area contributed by atoms with E-state index in [9.17, 15) is 4.79 Å². The van der Waals surface area contributed by atoms with Gasteiger partial charge in [-0.15, -0.1) is 11.3 Å². The van der Waals surface area contributed by atoms with E-state index >= 15 is 0 Å². The average Bonchev–Trinajstić information content (AvgIpc) is 2.99. The number of nitrogens with zero attached hydrogens (tertiary/aromatic N) is 4. The molecule has 0 bridgehead atoms. The fourth-order valence-corrected chi connectivity index (χ4v) is 3.00. The zero-order chi connectivity index (χ0) is 15.4. The van der Waals surface area contributed by atoms with Crippen LogP contribution in [-0.4, -0.2) is 47.0 Å². The van der Waals surface area contributed by atoms with Crippen molar-refractivity contribution in [2.45, 2.75) is 6.92 Å². The standard InChI is InChI=1S/C16H18N4OS/c1-13-18-14(12-22-13)5-6-16(21)20-10-8-19(9-11-20)15-4-2-3-7-17-15/h2-7,12H,8-11H2,1H3. The predicted molar refractivity (Wildman–Crippen MR) is 88.9 cm³/mol. The van der Waals surface area contributed by atoms with Crippen molar-refractivity contribution in [2.75, 3.05) is 31.1 Å². The van der Waals surface area contributed by atoms with Gasteiger partial charge in [0.15, 0.2) is 0 Å². The minimum Gasteiger partial charge on any atom is -0.353 e. The molecule has 0 saturated carbocycles. The summed E-state index contributed by atoms with van der Waals surface area (Å²) >= 11 is 1.59. The maximum absolute atomic E-state index is 12.2. The van der Waals surface area contributed by atoms with Gasteiger partial charge < -0.3 is 9.80 Å². The van der Waals surface area contributed by atoms with Crippen LogP contribution in [0.15, 0.2) is 35.9 Å². The van der Waals surface area contributed by atoms with E-state index in [2.05, 4.69) is 14.9 Å². The van der Waals surface area contributed by atoms with Gasteiger partial charge in [-0.1, -0.05) is 6.07 Å². The summed E-state index contributed by atoms with van der Waals surface area (Å²) in [6.45, 7) is 5.02. The van der Waals surface area contributed by atoms with Gasteiger partial charge in [-0.2, -0.15) is 0 Å². The Bertz CT molecular complexity index is 660. The van der Waals surface area contributed by atoms with Crippen LogP contribution in [0.3, 0.4) is 0 Å². The Hall–Kier alpha value is -2.21. The number of aryl methyl sites for hydroxylation is 1. The molecule has 0 spiro atoms. The molecule has 0 radical (unpaired) electrons. The lowest BCUT2D eigenvalue weighted by atomic mass is 10.3. The second-order valence-corrected chi connectivity index (χ2v) is 6.19. The molecule has 0 atom stereocenters. The Morgan fingerprint density at radius 3 is 2.73 bits per heavy atom. The molecule has 1 amide bonds. The van der Waals surface area contributed by atoms with Crippen molar-refractivity contribution >= 4 is 29.1 Å². The van der Waals surface area contributed by atoms with E-state index < -0.39 is 0 Å². The Labute approximate surface area is 133 Å². The molecule has 3 heterocycles. The third-order valence-electron chi connectivity index (χ3n) is 3.60. The van der Waals surface area contributed by atoms with Crippen molar-refractivity contribution in [3.05, 3.63) is 46.6 Å². The molecule has 6 heteroatoms. The second-order valence-electron chi connectivity index (χ2n) is 5.12. The molecule has 0 N–H and O–H groups in total. The van der Waals surface area contributed by atoms with Crippen molar-refractivity contribution in [3.63, 3.8) is 0 Å². The van der Waals surface area contributed by atoms with E-state index in [-0.39, 0.29) is 5.91 Å². The van der Waals surface area contributed by atoms with Crippen LogP contribution in [0.4, 0.5) is 5.82 Å². The van der Waals surface area contributed by atoms with Crippen molar-refractivity contribution in [1.29, 1.82) is 0 Å². The normalized spacial score (nSPS) is 15.5. The fourth-order valence-electron chi connectivity index (χ4n) is 2.42. The first-order chi connectivity index (χ1) is 10.7. The van der Waals surface area contributed by atoms with Gasteiger partial charge in [0.05, 0.1) is 10.7 Å². The fraction of sp³-hybridized carbons (Fsp3) is 0.312. The predicted octanol–water partition coefficient (Wildman–Crippen LogP) is 2.21. The number of thiazole rings is 1. The highest BCUT2D eigenvalue weighted by atomic mass is 32.1. The maximum atomic E-state index is 12.2. The van der Waals surface area contributed by atoms with Crippen molar-refractivity contribution in [3.8, 4) is 0 Å². The Morgan fingerprint density at radius 2 is 2.09 bits per heavy atom. The molecule has 114 valence electrons. The lowest BCUT2D eigenvalue weighted by molar-refractivity contribution is -0.126. The first kappa shape index (κ1) is 14.7. The van der Waals surface area contributed by atoms with E-state index in [0.29, 0.717) is 0 Å². The monoisotopic (exact) mass is 314 g/mol. The van der Waals surface area contributed by atoms with Crippen LogP contribution in [0.5, 0.6) is 0 Å². The number of anilines is 1. The molecule has 3 rings (SSSR count). The van der Waals surface area contributed by atoms with Gasteiger partial charge in [-0.05, 0) is 25.1 Å². The van der Waals surface area contributed by atoms with E-state index in [1.54, 1.807) is 29.7 Å². The van der Waals surface area contributed by atoms with E-state index in [1.165, 1.54) is 0 Å². The second kappa shape index (κ2) is 6.70. The number of piperazine rings is 1. The summed E-state index contributed by atoms with van der Waals surface area (Å²) in [5.74, 6) is 1.02. The largest absolute Gasteiger partial charge is 0.353 e. The summed E-state index contributed by atoms with van der Waals surface area (Å²) < 4.78 is 0. The summed E-state index contributed by atoms with van der Waals surface area (Å²) in [5.41, 5.74) is 0.850. The van der Waals surface area contributed by atoms with Gasteiger partial charge in [0.1, 0.15) is 5.82 Å². The van der Waals surface area contributed by atoms with Crippen LogP contribution >= 0.6 is 11.3 Å². The first-order valence-corrected chi connectivity index (χ1v) is 8.15. The van der Waals surface area contributed by atoms with Gasteiger partial charge in [0.2, 0.25) is 5.91 Å². The van der Waals surface area contributed by atoms with Gasteiger partial charge in [0, 0.05) is 43.8 Å². The molecule has 2 aromatic rings. The number of rotatable bonds is 3. The minimum atomic E-state index is 0.0475. The summed E-state index contributed by atoms with van der Waals surface area (Å²) in [5, 5.41) is 2.97. The summed E-state index contributed by atoms with van der Waals surface area (Å²) in [6, 6.07) is 5.90. The zero-order valence-corrected chi connectivity index (χ0v) is 13.3. The van der Waals surface area contributed by atoms with E-state index in [1.807, 2.05) is 35.4 Å². The molecule has 2 aromatic heterocycles. The molecule has 0 aliphatic carbocycles. The molecule has 0 aromatic carbocycles. The van der Waals surface area contributed by atoms with E-state index in [0.717, 1.165) is 42.7 Å². The third kappa shape index (κ3) is 3.51. The van der Waals surface area contributed by atoms with Gasteiger partial charge in [-0.3, -0.25) is 4.79 Å². The third-order valence-corrected chi connectivity index (χ3v) is 4.39. The maximum Gasteiger partial charge on any atom is 0.246 e. The molecular weight excluding hydrogens is 296 g/mol. The summed E-state index contributed by atoms with van der Waals surface area (Å²) in [4.78, 5) is 25.0. The molecule has 0 unspecified atom stereocenters. The highest BCUT2D eigenvalue weighted by molar-refractivity contribution is 7.09. The minimum absolute atomic E-state index is 0.0475. The van der Waals surface area contributed by atoms with Gasteiger partial charge in [0.25, 0.3) is 0 Å². The lowest BCUT2D eigenvalue weighted by Gasteiger charge is -2.34. The number of amides is 1. The van der Waals surface area contributed by atoms with Crippen LogP contribution < -0.4 is 4.90 Å². The zero-order valence-electron chi connectivity index (χ0n) is 12.5.